The zero-order valence-electron chi connectivity index (χ0n) is 12.9. The van der Waals surface area contributed by atoms with Crippen molar-refractivity contribution in [2.75, 3.05) is 11.9 Å². The van der Waals surface area contributed by atoms with E-state index in [2.05, 4.69) is 26.6 Å². The molecule has 0 unspecified atom stereocenters. The summed E-state index contributed by atoms with van der Waals surface area (Å²) >= 11 is 8.45. The number of amides is 1. The summed E-state index contributed by atoms with van der Waals surface area (Å²) in [6.07, 6.45) is 0.898. The predicted molar refractivity (Wildman–Crippen MR) is 100 cm³/mol. The number of halogens is 2. The van der Waals surface area contributed by atoms with Crippen molar-refractivity contribution < 1.29 is 13.9 Å². The Kier molecular flexibility index (Phi) is 6.69. The van der Waals surface area contributed by atoms with Crippen LogP contribution in [0.4, 0.5) is 10.1 Å². The van der Waals surface area contributed by atoms with Crippen molar-refractivity contribution in [1.82, 2.24) is 5.32 Å². The van der Waals surface area contributed by atoms with Crippen LogP contribution in [0.1, 0.15) is 23.7 Å². The molecule has 0 aliphatic carbocycles. The maximum absolute atomic E-state index is 13.1. The molecule has 2 rings (SSSR count). The van der Waals surface area contributed by atoms with E-state index in [4.69, 9.17) is 17.0 Å². The number of nitrogens with one attached hydrogen (secondary N) is 2. The summed E-state index contributed by atoms with van der Waals surface area (Å²) in [6.45, 7) is 2.62. The fourth-order valence-corrected chi connectivity index (χ4v) is 2.58. The van der Waals surface area contributed by atoms with Crippen molar-refractivity contribution >= 4 is 44.9 Å². The summed E-state index contributed by atoms with van der Waals surface area (Å²) in [4.78, 5) is 12.2. The molecule has 126 valence electrons. The van der Waals surface area contributed by atoms with Crippen LogP contribution >= 0.6 is 28.1 Å². The minimum Gasteiger partial charge on any atom is -0.492 e. The first kappa shape index (κ1) is 18.4. The molecule has 0 aromatic heterocycles. The minimum atomic E-state index is -0.388. The molecule has 0 aliphatic rings. The molecule has 0 spiro atoms. The number of hydrogen-bond donors (Lipinski definition) is 2. The zero-order valence-corrected chi connectivity index (χ0v) is 15.3. The average Bonchev–Trinajstić information content (AvgIpc) is 2.53. The highest BCUT2D eigenvalue weighted by atomic mass is 79.9. The number of thiocarbonyl (C=S) groups is 1. The predicted octanol–water partition coefficient (Wildman–Crippen LogP) is 4.50. The van der Waals surface area contributed by atoms with E-state index in [1.165, 1.54) is 12.1 Å². The molecule has 0 saturated carbocycles. The van der Waals surface area contributed by atoms with Gasteiger partial charge in [-0.15, -0.1) is 0 Å². The number of ether oxygens (including phenoxy) is 1. The van der Waals surface area contributed by atoms with Gasteiger partial charge in [-0.05, 0) is 71.0 Å². The molecule has 0 aliphatic heterocycles. The van der Waals surface area contributed by atoms with Gasteiger partial charge in [-0.25, -0.2) is 4.39 Å². The molecular formula is C17H16BrFN2O2S. The molecule has 0 bridgehead atoms. The first-order chi connectivity index (χ1) is 11.5. The van der Waals surface area contributed by atoms with Gasteiger partial charge in [0.1, 0.15) is 11.6 Å². The molecule has 2 aromatic carbocycles. The van der Waals surface area contributed by atoms with Crippen molar-refractivity contribution in [3.8, 4) is 5.75 Å². The van der Waals surface area contributed by atoms with Gasteiger partial charge in [-0.2, -0.15) is 0 Å². The molecule has 2 N–H and O–H groups in total. The van der Waals surface area contributed by atoms with Crippen LogP contribution in [0, 0.1) is 5.82 Å². The van der Waals surface area contributed by atoms with Crippen molar-refractivity contribution in [2.45, 2.75) is 13.3 Å². The van der Waals surface area contributed by atoms with Crippen LogP contribution < -0.4 is 15.4 Å². The third-order valence-electron chi connectivity index (χ3n) is 2.97. The second-order valence-corrected chi connectivity index (χ2v) is 6.17. The molecule has 1 amide bonds. The second kappa shape index (κ2) is 8.75. The van der Waals surface area contributed by atoms with Gasteiger partial charge >= 0.3 is 0 Å². The van der Waals surface area contributed by atoms with Gasteiger partial charge in [0.05, 0.1) is 11.1 Å². The molecule has 0 radical (unpaired) electrons. The van der Waals surface area contributed by atoms with E-state index in [1.807, 2.05) is 6.92 Å². The number of carbonyl (C=O) groups is 1. The van der Waals surface area contributed by atoms with Crippen LogP contribution in [-0.2, 0) is 0 Å². The third-order valence-corrected chi connectivity index (χ3v) is 3.79. The Hall–Kier alpha value is -1.99. The molecule has 0 atom stereocenters. The maximum atomic E-state index is 13.1. The van der Waals surface area contributed by atoms with E-state index in [9.17, 15) is 9.18 Å². The SMILES string of the molecule is CCCOc1ccc(C(=O)NC(=S)Nc2cccc(F)c2)cc1Br. The number of carbonyl (C=O) groups excluding carboxylic acids is 1. The van der Waals surface area contributed by atoms with Crippen LogP contribution in [0.25, 0.3) is 0 Å². The molecule has 4 nitrogen and oxygen atoms in total. The normalized spacial score (nSPS) is 10.1. The number of hydrogen-bond acceptors (Lipinski definition) is 3. The Morgan fingerprint density at radius 1 is 1.29 bits per heavy atom. The summed E-state index contributed by atoms with van der Waals surface area (Å²) < 4.78 is 19.4. The van der Waals surface area contributed by atoms with Gasteiger partial charge < -0.3 is 10.1 Å². The highest BCUT2D eigenvalue weighted by Crippen LogP contribution is 2.26. The number of benzene rings is 2. The lowest BCUT2D eigenvalue weighted by molar-refractivity contribution is 0.0977. The van der Waals surface area contributed by atoms with Crippen LogP contribution in [0.2, 0.25) is 0 Å². The largest absolute Gasteiger partial charge is 0.492 e. The van der Waals surface area contributed by atoms with Gasteiger partial charge in [0.25, 0.3) is 5.91 Å². The van der Waals surface area contributed by atoms with Gasteiger partial charge in [0, 0.05) is 11.3 Å². The molecule has 0 fully saturated rings. The number of rotatable bonds is 5. The highest BCUT2D eigenvalue weighted by Gasteiger charge is 2.11. The second-order valence-electron chi connectivity index (χ2n) is 4.91. The minimum absolute atomic E-state index is 0.0908. The van der Waals surface area contributed by atoms with Gasteiger partial charge in [-0.3, -0.25) is 10.1 Å². The van der Waals surface area contributed by atoms with Crippen LogP contribution in [-0.4, -0.2) is 17.6 Å². The van der Waals surface area contributed by atoms with Crippen molar-refractivity contribution in [3.63, 3.8) is 0 Å². The summed E-state index contributed by atoms with van der Waals surface area (Å²) in [5.41, 5.74) is 0.888. The summed E-state index contributed by atoms with van der Waals surface area (Å²) in [5, 5.41) is 5.40. The fourth-order valence-electron chi connectivity index (χ4n) is 1.88. The topological polar surface area (TPSA) is 50.4 Å². The third kappa shape index (κ3) is 5.28. The van der Waals surface area contributed by atoms with E-state index in [-0.39, 0.29) is 16.8 Å². The lowest BCUT2D eigenvalue weighted by Gasteiger charge is -2.11. The van der Waals surface area contributed by atoms with Crippen molar-refractivity contribution in [3.05, 3.63) is 58.3 Å². The lowest BCUT2D eigenvalue weighted by Crippen LogP contribution is -2.34. The fraction of sp³-hybridized carbons (Fsp3) is 0.176. The van der Waals surface area contributed by atoms with Gasteiger partial charge in [0.2, 0.25) is 0 Å². The van der Waals surface area contributed by atoms with E-state index < -0.39 is 0 Å². The van der Waals surface area contributed by atoms with Crippen molar-refractivity contribution in [2.24, 2.45) is 0 Å². The quantitative estimate of drug-likeness (QED) is 0.712. The Morgan fingerprint density at radius 3 is 2.75 bits per heavy atom. The van der Waals surface area contributed by atoms with Gasteiger partial charge in [0.15, 0.2) is 5.11 Å². The molecular weight excluding hydrogens is 395 g/mol. The highest BCUT2D eigenvalue weighted by molar-refractivity contribution is 9.10. The van der Waals surface area contributed by atoms with E-state index in [1.54, 1.807) is 30.3 Å². The Labute approximate surface area is 153 Å². The smallest absolute Gasteiger partial charge is 0.257 e. The Bertz CT molecular complexity index is 755. The molecule has 0 heterocycles. The standard InChI is InChI=1S/C17H16BrFN2O2S/c1-2-8-23-15-7-6-11(9-14(15)18)16(22)21-17(24)20-13-5-3-4-12(19)10-13/h3-7,9-10H,2,8H2,1H3,(H2,20,21,22,24). The first-order valence-electron chi connectivity index (χ1n) is 7.30. The van der Waals surface area contributed by atoms with E-state index in [0.717, 1.165) is 6.42 Å². The first-order valence-corrected chi connectivity index (χ1v) is 8.50. The summed E-state index contributed by atoms with van der Waals surface area (Å²) in [7, 11) is 0. The molecule has 2 aromatic rings. The zero-order chi connectivity index (χ0) is 17.5. The Balaban J connectivity index is 1.98. The summed E-state index contributed by atoms with van der Waals surface area (Å²) in [5.74, 6) is -0.0822. The lowest BCUT2D eigenvalue weighted by atomic mass is 10.2. The van der Waals surface area contributed by atoms with E-state index in [0.29, 0.717) is 28.1 Å². The van der Waals surface area contributed by atoms with Gasteiger partial charge in [-0.1, -0.05) is 13.0 Å². The van der Waals surface area contributed by atoms with Crippen LogP contribution in [0.15, 0.2) is 46.9 Å². The molecule has 24 heavy (non-hydrogen) atoms. The number of anilines is 1. The molecule has 0 saturated heterocycles. The monoisotopic (exact) mass is 410 g/mol. The van der Waals surface area contributed by atoms with E-state index >= 15 is 0 Å². The van der Waals surface area contributed by atoms with Crippen molar-refractivity contribution in [1.29, 1.82) is 0 Å². The Morgan fingerprint density at radius 2 is 2.08 bits per heavy atom. The average molecular weight is 411 g/mol. The molecule has 7 heteroatoms. The van der Waals surface area contributed by atoms with Crippen LogP contribution in [0.5, 0.6) is 5.75 Å². The summed E-state index contributed by atoms with van der Waals surface area (Å²) in [6, 6.07) is 10.8. The maximum Gasteiger partial charge on any atom is 0.257 e. The van der Waals surface area contributed by atoms with Crippen LogP contribution in [0.3, 0.4) is 0 Å².